The van der Waals surface area contributed by atoms with Gasteiger partial charge < -0.3 is 10.1 Å². The number of esters is 1. The van der Waals surface area contributed by atoms with Crippen LogP contribution in [0.1, 0.15) is 15.9 Å². The summed E-state index contributed by atoms with van der Waals surface area (Å²) in [5, 5.41) is 2.11. The molecular weight excluding hydrogens is 323 g/mol. The number of nitrogens with one attached hydrogen (secondary N) is 1. The van der Waals surface area contributed by atoms with Crippen molar-refractivity contribution in [2.24, 2.45) is 0 Å². The van der Waals surface area contributed by atoms with E-state index in [0.717, 1.165) is 12.1 Å². The molecular formula is C17H12F3NO3. The van der Waals surface area contributed by atoms with E-state index in [-0.39, 0.29) is 0 Å². The zero-order chi connectivity index (χ0) is 17.7. The Balaban J connectivity index is 2.05. The zero-order valence-corrected chi connectivity index (χ0v) is 12.5. The van der Waals surface area contributed by atoms with E-state index in [1.54, 1.807) is 12.1 Å². The molecule has 4 nitrogen and oxygen atoms in total. The summed E-state index contributed by atoms with van der Waals surface area (Å²) >= 11 is 0. The number of hydrogen-bond donors (Lipinski definition) is 1. The fourth-order valence-corrected chi connectivity index (χ4v) is 1.82. The number of amides is 1. The third-order valence-corrected chi connectivity index (χ3v) is 3.05. The summed E-state index contributed by atoms with van der Waals surface area (Å²) in [6.07, 6.45) is 2.50. The van der Waals surface area contributed by atoms with Gasteiger partial charge in [0.05, 0.1) is 18.4 Å². The van der Waals surface area contributed by atoms with E-state index >= 15 is 0 Å². The Bertz CT molecular complexity index is 801. The van der Waals surface area contributed by atoms with Crippen molar-refractivity contribution in [2.75, 3.05) is 12.4 Å². The lowest BCUT2D eigenvalue weighted by atomic mass is 10.1. The van der Waals surface area contributed by atoms with Crippen molar-refractivity contribution in [3.8, 4) is 0 Å². The highest BCUT2D eigenvalue weighted by Gasteiger charge is 2.14. The number of carbonyl (C=O) groups excluding carboxylic acids is 2. The number of rotatable bonds is 4. The first-order chi connectivity index (χ1) is 11.4. The number of ether oxygens (including phenoxy) is 1. The van der Waals surface area contributed by atoms with Gasteiger partial charge in [-0.2, -0.15) is 0 Å². The van der Waals surface area contributed by atoms with Crippen molar-refractivity contribution in [3.05, 3.63) is 71.1 Å². The number of hydrogen-bond acceptors (Lipinski definition) is 3. The lowest BCUT2D eigenvalue weighted by molar-refractivity contribution is -0.111. The van der Waals surface area contributed by atoms with E-state index in [1.807, 2.05) is 0 Å². The SMILES string of the molecule is COC(=O)c1ccc(/C=C/C(=O)Nc2ccc(F)c(F)c2F)cc1. The van der Waals surface area contributed by atoms with Gasteiger partial charge in [-0.3, -0.25) is 4.79 Å². The average molecular weight is 335 g/mol. The molecule has 0 heterocycles. The topological polar surface area (TPSA) is 55.4 Å². The van der Waals surface area contributed by atoms with Crippen molar-refractivity contribution < 1.29 is 27.5 Å². The van der Waals surface area contributed by atoms with Crippen LogP contribution in [0.4, 0.5) is 18.9 Å². The highest BCUT2D eigenvalue weighted by atomic mass is 19.2. The molecule has 0 unspecified atom stereocenters. The molecule has 0 aliphatic heterocycles. The minimum Gasteiger partial charge on any atom is -0.465 e. The number of anilines is 1. The van der Waals surface area contributed by atoms with Crippen LogP contribution >= 0.6 is 0 Å². The van der Waals surface area contributed by atoms with Crippen LogP contribution in [0, 0.1) is 17.5 Å². The molecule has 2 aromatic carbocycles. The van der Waals surface area contributed by atoms with Gasteiger partial charge in [0.25, 0.3) is 0 Å². The number of carbonyl (C=O) groups is 2. The summed E-state index contributed by atoms with van der Waals surface area (Å²) < 4.78 is 43.9. The van der Waals surface area contributed by atoms with Crippen LogP contribution < -0.4 is 5.32 Å². The molecule has 0 bridgehead atoms. The molecule has 2 aromatic rings. The van der Waals surface area contributed by atoms with Crippen LogP contribution in [-0.4, -0.2) is 19.0 Å². The van der Waals surface area contributed by atoms with E-state index in [9.17, 15) is 22.8 Å². The van der Waals surface area contributed by atoms with Crippen LogP contribution in [0.2, 0.25) is 0 Å². The summed E-state index contributed by atoms with van der Waals surface area (Å²) in [4.78, 5) is 23.0. The maximum Gasteiger partial charge on any atom is 0.337 e. The molecule has 0 spiro atoms. The van der Waals surface area contributed by atoms with Crippen molar-refractivity contribution in [1.82, 2.24) is 0 Å². The average Bonchev–Trinajstić information content (AvgIpc) is 2.60. The van der Waals surface area contributed by atoms with Gasteiger partial charge in [-0.25, -0.2) is 18.0 Å². The standard InChI is InChI=1S/C17H12F3NO3/c1-24-17(23)11-5-2-10(3-6-11)4-9-14(22)21-13-8-7-12(18)15(19)16(13)20/h2-9H,1H3,(H,21,22)/b9-4+. The molecule has 1 N–H and O–H groups in total. The molecule has 24 heavy (non-hydrogen) atoms. The van der Waals surface area contributed by atoms with Gasteiger partial charge >= 0.3 is 5.97 Å². The minimum absolute atomic E-state index is 0.350. The highest BCUT2D eigenvalue weighted by molar-refractivity contribution is 6.02. The molecule has 7 heteroatoms. The fraction of sp³-hybridized carbons (Fsp3) is 0.0588. The third kappa shape index (κ3) is 4.01. The van der Waals surface area contributed by atoms with Gasteiger partial charge in [0.1, 0.15) is 0 Å². The lowest BCUT2D eigenvalue weighted by Gasteiger charge is -2.05. The van der Waals surface area contributed by atoms with Gasteiger partial charge in [0, 0.05) is 6.08 Å². The van der Waals surface area contributed by atoms with Gasteiger partial charge in [-0.15, -0.1) is 0 Å². The second kappa shape index (κ2) is 7.45. The van der Waals surface area contributed by atoms with Gasteiger partial charge in [0.2, 0.25) is 5.91 Å². The summed E-state index contributed by atoms with van der Waals surface area (Å²) in [5.74, 6) is -5.69. The molecule has 0 aliphatic carbocycles. The lowest BCUT2D eigenvalue weighted by Crippen LogP contribution is -2.10. The first-order valence-electron chi connectivity index (χ1n) is 6.73. The Labute approximate surface area is 135 Å². The zero-order valence-electron chi connectivity index (χ0n) is 12.5. The first-order valence-corrected chi connectivity index (χ1v) is 6.73. The second-order valence-electron chi connectivity index (χ2n) is 4.66. The quantitative estimate of drug-likeness (QED) is 0.528. The summed E-state index contributed by atoms with van der Waals surface area (Å²) in [6.45, 7) is 0. The van der Waals surface area contributed by atoms with Crippen LogP contribution in [0.15, 0.2) is 42.5 Å². The van der Waals surface area contributed by atoms with Crippen molar-refractivity contribution in [1.29, 1.82) is 0 Å². The van der Waals surface area contributed by atoms with Gasteiger partial charge in [-0.05, 0) is 35.9 Å². The molecule has 1 amide bonds. The predicted octanol–water partition coefficient (Wildman–Crippen LogP) is 3.54. The van der Waals surface area contributed by atoms with Crippen LogP contribution in [0.3, 0.4) is 0 Å². The van der Waals surface area contributed by atoms with Crippen LogP contribution in [0.5, 0.6) is 0 Å². The summed E-state index contributed by atoms with van der Waals surface area (Å²) in [5.41, 5.74) is 0.483. The Hall–Kier alpha value is -3.09. The molecule has 2 rings (SSSR count). The maximum absolute atomic E-state index is 13.4. The number of methoxy groups -OCH3 is 1. The van der Waals surface area contributed by atoms with E-state index < -0.39 is 35.0 Å². The summed E-state index contributed by atoms with van der Waals surface area (Å²) in [6, 6.07) is 7.81. The Morgan fingerprint density at radius 2 is 1.67 bits per heavy atom. The maximum atomic E-state index is 13.4. The largest absolute Gasteiger partial charge is 0.465 e. The van der Waals surface area contributed by atoms with Crippen LogP contribution in [-0.2, 0) is 9.53 Å². The molecule has 124 valence electrons. The van der Waals surface area contributed by atoms with E-state index in [2.05, 4.69) is 10.1 Å². The van der Waals surface area contributed by atoms with E-state index in [1.165, 1.54) is 25.3 Å². The fourth-order valence-electron chi connectivity index (χ4n) is 1.82. The normalized spacial score (nSPS) is 10.7. The summed E-state index contributed by atoms with van der Waals surface area (Å²) in [7, 11) is 1.26. The third-order valence-electron chi connectivity index (χ3n) is 3.05. The van der Waals surface area contributed by atoms with Crippen molar-refractivity contribution in [2.45, 2.75) is 0 Å². The number of halogens is 3. The predicted molar refractivity (Wildman–Crippen MR) is 81.8 cm³/mol. The molecule has 0 saturated carbocycles. The monoisotopic (exact) mass is 335 g/mol. The molecule has 0 saturated heterocycles. The van der Waals surface area contributed by atoms with E-state index in [0.29, 0.717) is 17.2 Å². The first kappa shape index (κ1) is 17.3. The molecule has 0 aromatic heterocycles. The second-order valence-corrected chi connectivity index (χ2v) is 4.66. The molecule has 0 aliphatic rings. The molecule has 0 atom stereocenters. The Morgan fingerprint density at radius 1 is 1.00 bits per heavy atom. The highest BCUT2D eigenvalue weighted by Crippen LogP contribution is 2.19. The van der Waals surface area contributed by atoms with Gasteiger partial charge in [0.15, 0.2) is 17.5 Å². The minimum atomic E-state index is -1.66. The Morgan fingerprint density at radius 3 is 2.29 bits per heavy atom. The number of benzene rings is 2. The van der Waals surface area contributed by atoms with E-state index in [4.69, 9.17) is 0 Å². The molecule has 0 radical (unpaired) electrons. The van der Waals surface area contributed by atoms with Crippen molar-refractivity contribution in [3.63, 3.8) is 0 Å². The smallest absolute Gasteiger partial charge is 0.337 e. The Kier molecular flexibility index (Phi) is 5.36. The van der Waals surface area contributed by atoms with Gasteiger partial charge in [-0.1, -0.05) is 12.1 Å². The molecule has 0 fully saturated rings. The van der Waals surface area contributed by atoms with Crippen LogP contribution in [0.25, 0.3) is 6.08 Å². The van der Waals surface area contributed by atoms with Crippen molar-refractivity contribution >= 4 is 23.6 Å².